The number of carboxylic acids is 1. The molecule has 0 fully saturated rings. The first kappa shape index (κ1) is 19.7. The Hall–Kier alpha value is -3.06. The Balaban J connectivity index is 1.57. The number of carboxylic acid groups (broad SMARTS) is 1. The van der Waals surface area contributed by atoms with Crippen molar-refractivity contribution in [1.82, 2.24) is 4.98 Å². The van der Waals surface area contributed by atoms with Crippen LogP contribution in [0.15, 0.2) is 48.5 Å². The monoisotopic (exact) mass is 399 g/mol. The second-order valence-electron chi connectivity index (χ2n) is 5.83. The van der Waals surface area contributed by atoms with E-state index in [4.69, 9.17) is 14.2 Å². The molecule has 0 bridgehead atoms. The summed E-state index contributed by atoms with van der Waals surface area (Å²) < 4.78 is 16.6. The summed E-state index contributed by atoms with van der Waals surface area (Å²) in [6.45, 7) is 2.67. The summed E-state index contributed by atoms with van der Waals surface area (Å²) in [6.07, 6.45) is 0.589. The Labute approximate surface area is 167 Å². The average Bonchev–Trinajstić information content (AvgIpc) is 3.17. The van der Waals surface area contributed by atoms with Gasteiger partial charge in [-0.3, -0.25) is 0 Å². The first-order valence-corrected chi connectivity index (χ1v) is 9.66. The molecule has 6 nitrogen and oxygen atoms in total. The van der Waals surface area contributed by atoms with Gasteiger partial charge in [0, 0.05) is 5.56 Å². The van der Waals surface area contributed by atoms with Gasteiger partial charge in [0.15, 0.2) is 11.5 Å². The molecule has 0 spiro atoms. The van der Waals surface area contributed by atoms with E-state index in [1.807, 2.05) is 55.5 Å². The average molecular weight is 399 g/mol. The van der Waals surface area contributed by atoms with Gasteiger partial charge in [0.2, 0.25) is 0 Å². The SMILES string of the molecule is CCc1nc(-c2ccc(OCCOc3ccccc3OC)cc2)sc1C(=O)O. The van der Waals surface area contributed by atoms with Gasteiger partial charge in [0.05, 0.1) is 12.8 Å². The molecule has 28 heavy (non-hydrogen) atoms. The minimum atomic E-state index is -0.935. The second kappa shape index (κ2) is 9.23. The summed E-state index contributed by atoms with van der Waals surface area (Å²) >= 11 is 1.19. The zero-order valence-corrected chi connectivity index (χ0v) is 16.5. The van der Waals surface area contributed by atoms with Gasteiger partial charge in [-0.05, 0) is 42.8 Å². The topological polar surface area (TPSA) is 77.9 Å². The Bertz CT molecular complexity index is 936. The van der Waals surface area contributed by atoms with Crippen LogP contribution >= 0.6 is 11.3 Å². The van der Waals surface area contributed by atoms with Crippen molar-refractivity contribution < 1.29 is 24.1 Å². The predicted molar refractivity (Wildman–Crippen MR) is 108 cm³/mol. The lowest BCUT2D eigenvalue weighted by molar-refractivity contribution is 0.0701. The van der Waals surface area contributed by atoms with Crippen LogP contribution in [-0.2, 0) is 6.42 Å². The van der Waals surface area contributed by atoms with E-state index in [0.29, 0.717) is 52.5 Å². The smallest absolute Gasteiger partial charge is 0.347 e. The molecule has 1 aromatic heterocycles. The minimum Gasteiger partial charge on any atom is -0.493 e. The number of thiazole rings is 1. The Morgan fingerprint density at radius 2 is 1.71 bits per heavy atom. The van der Waals surface area contributed by atoms with Crippen molar-refractivity contribution >= 4 is 17.3 Å². The Kier molecular flexibility index (Phi) is 6.49. The third kappa shape index (κ3) is 4.61. The minimum absolute atomic E-state index is 0.298. The number of aryl methyl sites for hydroxylation is 1. The highest BCUT2D eigenvalue weighted by Gasteiger charge is 2.16. The van der Waals surface area contributed by atoms with Crippen molar-refractivity contribution in [2.75, 3.05) is 20.3 Å². The van der Waals surface area contributed by atoms with Crippen molar-refractivity contribution in [3.63, 3.8) is 0 Å². The highest BCUT2D eigenvalue weighted by atomic mass is 32.1. The lowest BCUT2D eigenvalue weighted by atomic mass is 10.2. The van der Waals surface area contributed by atoms with Gasteiger partial charge < -0.3 is 19.3 Å². The van der Waals surface area contributed by atoms with Crippen LogP contribution in [0, 0.1) is 0 Å². The molecule has 0 unspecified atom stereocenters. The fraction of sp³-hybridized carbons (Fsp3) is 0.238. The van der Waals surface area contributed by atoms with Crippen molar-refractivity contribution in [2.45, 2.75) is 13.3 Å². The number of para-hydroxylation sites is 2. The van der Waals surface area contributed by atoms with E-state index < -0.39 is 5.97 Å². The molecule has 0 aliphatic carbocycles. The molecule has 0 amide bonds. The predicted octanol–water partition coefficient (Wildman–Crippen LogP) is 4.54. The number of hydrogen-bond acceptors (Lipinski definition) is 6. The number of aromatic nitrogens is 1. The number of hydrogen-bond donors (Lipinski definition) is 1. The molecule has 2 aromatic carbocycles. The lowest BCUT2D eigenvalue weighted by Gasteiger charge is -2.11. The zero-order chi connectivity index (χ0) is 19.9. The maximum Gasteiger partial charge on any atom is 0.347 e. The van der Waals surface area contributed by atoms with Crippen LogP contribution in [0.5, 0.6) is 17.2 Å². The van der Waals surface area contributed by atoms with Crippen molar-refractivity contribution in [1.29, 1.82) is 0 Å². The molecule has 0 atom stereocenters. The van der Waals surface area contributed by atoms with Crippen LogP contribution in [0.4, 0.5) is 0 Å². The summed E-state index contributed by atoms with van der Waals surface area (Å²) in [6, 6.07) is 14.9. The van der Waals surface area contributed by atoms with Gasteiger partial charge in [-0.15, -0.1) is 11.3 Å². The maximum atomic E-state index is 11.3. The normalized spacial score (nSPS) is 10.5. The van der Waals surface area contributed by atoms with Gasteiger partial charge in [0.25, 0.3) is 0 Å². The van der Waals surface area contributed by atoms with E-state index >= 15 is 0 Å². The number of aromatic carboxylic acids is 1. The summed E-state index contributed by atoms with van der Waals surface area (Å²) in [7, 11) is 1.60. The van der Waals surface area contributed by atoms with Crippen molar-refractivity contribution in [3.8, 4) is 27.8 Å². The van der Waals surface area contributed by atoms with E-state index in [1.165, 1.54) is 11.3 Å². The number of carbonyl (C=O) groups is 1. The van der Waals surface area contributed by atoms with Crippen LogP contribution < -0.4 is 14.2 Å². The first-order valence-electron chi connectivity index (χ1n) is 8.84. The highest BCUT2D eigenvalue weighted by Crippen LogP contribution is 2.30. The number of benzene rings is 2. The number of methoxy groups -OCH3 is 1. The molecule has 3 aromatic rings. The first-order chi connectivity index (χ1) is 13.6. The quantitative estimate of drug-likeness (QED) is 0.533. The van der Waals surface area contributed by atoms with Crippen LogP contribution in [0.3, 0.4) is 0 Å². The van der Waals surface area contributed by atoms with E-state index in [0.717, 1.165) is 5.56 Å². The van der Waals surface area contributed by atoms with E-state index in [9.17, 15) is 9.90 Å². The Morgan fingerprint density at radius 3 is 2.32 bits per heavy atom. The largest absolute Gasteiger partial charge is 0.493 e. The van der Waals surface area contributed by atoms with Crippen LogP contribution in [0.1, 0.15) is 22.3 Å². The molecule has 0 aliphatic rings. The van der Waals surface area contributed by atoms with E-state index in [1.54, 1.807) is 7.11 Å². The van der Waals surface area contributed by atoms with Gasteiger partial charge in [-0.2, -0.15) is 0 Å². The summed E-state index contributed by atoms with van der Waals surface area (Å²) in [5.41, 5.74) is 1.48. The second-order valence-corrected chi connectivity index (χ2v) is 6.82. The number of nitrogens with zero attached hydrogens (tertiary/aromatic N) is 1. The lowest BCUT2D eigenvalue weighted by Crippen LogP contribution is -2.09. The molecule has 0 saturated heterocycles. The highest BCUT2D eigenvalue weighted by molar-refractivity contribution is 7.17. The molecule has 146 valence electrons. The van der Waals surface area contributed by atoms with Crippen LogP contribution in [0.25, 0.3) is 10.6 Å². The van der Waals surface area contributed by atoms with Crippen LogP contribution in [-0.4, -0.2) is 36.4 Å². The zero-order valence-electron chi connectivity index (χ0n) is 15.7. The van der Waals surface area contributed by atoms with E-state index in [2.05, 4.69) is 4.98 Å². The van der Waals surface area contributed by atoms with Gasteiger partial charge in [0.1, 0.15) is 28.8 Å². The van der Waals surface area contributed by atoms with Gasteiger partial charge >= 0.3 is 5.97 Å². The fourth-order valence-electron chi connectivity index (χ4n) is 2.62. The van der Waals surface area contributed by atoms with Crippen LogP contribution in [0.2, 0.25) is 0 Å². The summed E-state index contributed by atoms with van der Waals surface area (Å²) in [5.74, 6) is 1.13. The molecular formula is C21H21NO5S. The molecule has 1 N–H and O–H groups in total. The molecule has 1 heterocycles. The number of ether oxygens (including phenoxy) is 3. The molecule has 0 radical (unpaired) electrons. The van der Waals surface area contributed by atoms with Crippen molar-refractivity contribution in [3.05, 3.63) is 59.1 Å². The fourth-order valence-corrected chi connectivity index (χ4v) is 3.62. The summed E-state index contributed by atoms with van der Waals surface area (Å²) in [5, 5.41) is 9.96. The molecular weight excluding hydrogens is 378 g/mol. The third-order valence-corrected chi connectivity index (χ3v) is 5.14. The Morgan fingerprint density at radius 1 is 1.04 bits per heavy atom. The summed E-state index contributed by atoms with van der Waals surface area (Å²) in [4.78, 5) is 16.0. The van der Waals surface area contributed by atoms with E-state index in [-0.39, 0.29) is 0 Å². The molecule has 7 heteroatoms. The molecule has 3 rings (SSSR count). The van der Waals surface area contributed by atoms with Gasteiger partial charge in [-0.25, -0.2) is 9.78 Å². The number of rotatable bonds is 9. The third-order valence-electron chi connectivity index (χ3n) is 4.01. The maximum absolute atomic E-state index is 11.3. The molecule has 0 aliphatic heterocycles. The standard InChI is InChI=1S/C21H21NO5S/c1-3-16-19(21(23)24)28-20(22-16)14-8-10-15(11-9-14)26-12-13-27-18-7-5-4-6-17(18)25-2/h4-11H,3,12-13H2,1-2H3,(H,23,24). The van der Waals surface area contributed by atoms with Gasteiger partial charge in [-0.1, -0.05) is 19.1 Å². The molecule has 0 saturated carbocycles. The van der Waals surface area contributed by atoms with Crippen molar-refractivity contribution in [2.24, 2.45) is 0 Å².